The molecular formula is C15H25N3O2S. The van der Waals surface area contributed by atoms with Gasteiger partial charge in [0.25, 0.3) is 5.56 Å². The summed E-state index contributed by atoms with van der Waals surface area (Å²) in [6.07, 6.45) is 0.710. The Bertz CT molecular complexity index is 544. The van der Waals surface area contributed by atoms with E-state index in [0.717, 1.165) is 5.69 Å². The molecule has 0 aliphatic carbocycles. The summed E-state index contributed by atoms with van der Waals surface area (Å²) in [4.78, 5) is 33.1. The number of carbonyl (C=O) groups is 1. The normalized spacial score (nSPS) is 11.2. The number of thioether (sulfide) groups is 1. The number of H-pyrrole nitrogens is 1. The zero-order valence-corrected chi connectivity index (χ0v) is 14.5. The summed E-state index contributed by atoms with van der Waals surface area (Å²) in [5.41, 5.74) is 1.32. The molecule has 1 aromatic heterocycles. The molecule has 0 atom stereocenters. The van der Waals surface area contributed by atoms with Crippen LogP contribution in [0.15, 0.2) is 9.95 Å². The quantitative estimate of drug-likeness (QED) is 0.647. The Labute approximate surface area is 130 Å². The third kappa shape index (κ3) is 4.59. The highest BCUT2D eigenvalue weighted by Crippen LogP contribution is 2.16. The summed E-state index contributed by atoms with van der Waals surface area (Å²) in [6, 6.07) is 0.323. The Morgan fingerprint density at radius 2 is 1.86 bits per heavy atom. The van der Waals surface area contributed by atoms with Crippen molar-refractivity contribution in [2.45, 2.75) is 65.2 Å². The van der Waals surface area contributed by atoms with Crippen molar-refractivity contribution < 1.29 is 4.79 Å². The minimum atomic E-state index is -0.124. The molecule has 1 amide bonds. The lowest BCUT2D eigenvalue weighted by Gasteiger charge is -2.30. The second-order valence-electron chi connectivity index (χ2n) is 5.57. The van der Waals surface area contributed by atoms with Crippen molar-refractivity contribution in [1.82, 2.24) is 14.9 Å². The summed E-state index contributed by atoms with van der Waals surface area (Å²) < 4.78 is 0. The van der Waals surface area contributed by atoms with Gasteiger partial charge >= 0.3 is 0 Å². The van der Waals surface area contributed by atoms with Crippen molar-refractivity contribution in [2.24, 2.45) is 0 Å². The van der Waals surface area contributed by atoms with Gasteiger partial charge in [0.15, 0.2) is 5.16 Å². The van der Waals surface area contributed by atoms with Crippen LogP contribution < -0.4 is 5.56 Å². The summed E-state index contributed by atoms with van der Waals surface area (Å²) in [5.74, 6) is 0.345. The molecule has 0 bridgehead atoms. The topological polar surface area (TPSA) is 66.1 Å². The SMILES string of the molecule is CCc1nc(SCC(=O)N(C(C)C)C(C)C)[nH]c(=O)c1C. The van der Waals surface area contributed by atoms with Gasteiger partial charge in [0.1, 0.15) is 0 Å². The molecule has 118 valence electrons. The lowest BCUT2D eigenvalue weighted by molar-refractivity contribution is -0.131. The molecule has 5 nitrogen and oxygen atoms in total. The molecule has 0 radical (unpaired) electrons. The third-order valence-electron chi connectivity index (χ3n) is 3.30. The highest BCUT2D eigenvalue weighted by molar-refractivity contribution is 7.99. The van der Waals surface area contributed by atoms with Crippen LogP contribution in [0.4, 0.5) is 0 Å². The predicted octanol–water partition coefficient (Wildman–Crippen LogP) is 2.38. The van der Waals surface area contributed by atoms with Gasteiger partial charge in [0.2, 0.25) is 5.91 Å². The zero-order valence-electron chi connectivity index (χ0n) is 13.7. The molecule has 0 aromatic carbocycles. The van der Waals surface area contributed by atoms with Gasteiger partial charge in [-0.05, 0) is 41.0 Å². The van der Waals surface area contributed by atoms with Gasteiger partial charge < -0.3 is 9.88 Å². The highest BCUT2D eigenvalue weighted by atomic mass is 32.2. The van der Waals surface area contributed by atoms with Crippen LogP contribution in [-0.2, 0) is 11.2 Å². The van der Waals surface area contributed by atoms with Crippen LogP contribution in [0.2, 0.25) is 0 Å². The number of hydrogen-bond donors (Lipinski definition) is 1. The van der Waals surface area contributed by atoms with Crippen LogP contribution in [0, 0.1) is 6.92 Å². The number of aromatic nitrogens is 2. The summed E-state index contributed by atoms with van der Waals surface area (Å²) in [5, 5.41) is 0.517. The van der Waals surface area contributed by atoms with Crippen LogP contribution >= 0.6 is 11.8 Å². The largest absolute Gasteiger partial charge is 0.337 e. The van der Waals surface area contributed by atoms with E-state index in [1.54, 1.807) is 6.92 Å². The maximum Gasteiger partial charge on any atom is 0.254 e. The molecule has 6 heteroatoms. The van der Waals surface area contributed by atoms with Crippen molar-refractivity contribution in [1.29, 1.82) is 0 Å². The van der Waals surface area contributed by atoms with Crippen molar-refractivity contribution in [3.8, 4) is 0 Å². The van der Waals surface area contributed by atoms with Gasteiger partial charge in [-0.3, -0.25) is 9.59 Å². The van der Waals surface area contributed by atoms with Crippen molar-refractivity contribution in [3.05, 3.63) is 21.6 Å². The molecule has 0 aliphatic rings. The van der Waals surface area contributed by atoms with Crippen LogP contribution in [0.5, 0.6) is 0 Å². The fourth-order valence-electron chi connectivity index (χ4n) is 2.35. The first-order valence-corrected chi connectivity index (χ1v) is 8.30. The van der Waals surface area contributed by atoms with Gasteiger partial charge in [0.05, 0.1) is 11.4 Å². The molecule has 0 spiro atoms. The van der Waals surface area contributed by atoms with Gasteiger partial charge in [0, 0.05) is 17.6 Å². The minimum absolute atomic E-state index is 0.0614. The lowest BCUT2D eigenvalue weighted by atomic mass is 10.2. The van der Waals surface area contributed by atoms with Crippen molar-refractivity contribution in [3.63, 3.8) is 0 Å². The Balaban J connectivity index is 2.82. The van der Waals surface area contributed by atoms with Crippen LogP contribution in [0.1, 0.15) is 45.9 Å². The van der Waals surface area contributed by atoms with Gasteiger partial charge in [-0.15, -0.1) is 0 Å². The van der Waals surface area contributed by atoms with Gasteiger partial charge in [-0.1, -0.05) is 18.7 Å². The Kier molecular flexibility index (Phi) is 6.45. The number of aromatic amines is 1. The lowest BCUT2D eigenvalue weighted by Crippen LogP contribution is -2.43. The van der Waals surface area contributed by atoms with Crippen LogP contribution in [0.3, 0.4) is 0 Å². The fraction of sp³-hybridized carbons (Fsp3) is 0.667. The maximum atomic E-state index is 12.3. The number of nitrogens with zero attached hydrogens (tertiary/aromatic N) is 2. The standard InChI is InChI=1S/C15H25N3O2S/c1-7-12-11(6)14(20)17-15(16-12)21-8-13(19)18(9(2)3)10(4)5/h9-10H,7-8H2,1-6H3,(H,16,17,20). The molecule has 0 saturated carbocycles. The van der Waals surface area contributed by atoms with Crippen molar-refractivity contribution in [2.75, 3.05) is 5.75 Å². The number of hydrogen-bond acceptors (Lipinski definition) is 4. The average molecular weight is 311 g/mol. The number of rotatable bonds is 6. The van der Waals surface area contributed by atoms with E-state index in [2.05, 4.69) is 9.97 Å². The molecule has 1 heterocycles. The van der Waals surface area contributed by atoms with E-state index in [4.69, 9.17) is 0 Å². The van der Waals surface area contributed by atoms with E-state index < -0.39 is 0 Å². The fourth-order valence-corrected chi connectivity index (χ4v) is 3.09. The number of amides is 1. The number of aryl methyl sites for hydroxylation is 1. The Morgan fingerprint density at radius 1 is 1.29 bits per heavy atom. The molecule has 0 saturated heterocycles. The minimum Gasteiger partial charge on any atom is -0.337 e. The zero-order chi connectivity index (χ0) is 16.2. The van der Waals surface area contributed by atoms with E-state index in [1.165, 1.54) is 11.8 Å². The molecule has 0 unspecified atom stereocenters. The monoisotopic (exact) mass is 311 g/mol. The molecule has 1 N–H and O–H groups in total. The predicted molar refractivity (Wildman–Crippen MR) is 86.8 cm³/mol. The second kappa shape index (κ2) is 7.64. The summed E-state index contributed by atoms with van der Waals surface area (Å²) in [7, 11) is 0. The van der Waals surface area contributed by atoms with E-state index in [9.17, 15) is 9.59 Å². The number of nitrogens with one attached hydrogen (secondary N) is 1. The molecule has 1 aromatic rings. The average Bonchev–Trinajstić information content (AvgIpc) is 2.39. The van der Waals surface area contributed by atoms with Crippen molar-refractivity contribution >= 4 is 17.7 Å². The summed E-state index contributed by atoms with van der Waals surface area (Å²) in [6.45, 7) is 11.7. The van der Waals surface area contributed by atoms with E-state index in [0.29, 0.717) is 17.1 Å². The maximum absolute atomic E-state index is 12.3. The molecule has 1 rings (SSSR count). The first-order valence-electron chi connectivity index (χ1n) is 7.31. The van der Waals surface area contributed by atoms with E-state index in [1.807, 2.05) is 39.5 Å². The molecule has 21 heavy (non-hydrogen) atoms. The first-order chi connectivity index (χ1) is 9.77. The Hall–Kier alpha value is -1.30. The smallest absolute Gasteiger partial charge is 0.254 e. The highest BCUT2D eigenvalue weighted by Gasteiger charge is 2.20. The van der Waals surface area contributed by atoms with E-state index in [-0.39, 0.29) is 29.3 Å². The van der Waals surface area contributed by atoms with Crippen LogP contribution in [-0.4, -0.2) is 38.6 Å². The van der Waals surface area contributed by atoms with E-state index >= 15 is 0 Å². The third-order valence-corrected chi connectivity index (χ3v) is 4.16. The Morgan fingerprint density at radius 3 is 2.33 bits per heavy atom. The van der Waals surface area contributed by atoms with Crippen LogP contribution in [0.25, 0.3) is 0 Å². The summed E-state index contributed by atoms with van der Waals surface area (Å²) >= 11 is 1.29. The number of carbonyl (C=O) groups excluding carboxylic acids is 1. The van der Waals surface area contributed by atoms with Gasteiger partial charge in [-0.2, -0.15) is 0 Å². The molecular weight excluding hydrogens is 286 g/mol. The molecule has 0 aliphatic heterocycles. The first kappa shape index (κ1) is 17.8. The van der Waals surface area contributed by atoms with Gasteiger partial charge in [-0.25, -0.2) is 4.98 Å². The second-order valence-corrected chi connectivity index (χ2v) is 6.54. The molecule has 0 fully saturated rings.